The van der Waals surface area contributed by atoms with Crippen LogP contribution in [0.2, 0.25) is 0 Å². The molecule has 0 radical (unpaired) electrons. The van der Waals surface area contributed by atoms with Crippen LogP contribution in [0.25, 0.3) is 0 Å². The summed E-state index contributed by atoms with van der Waals surface area (Å²) < 4.78 is 7.12. The zero-order valence-corrected chi connectivity index (χ0v) is 10.5. The van der Waals surface area contributed by atoms with Gasteiger partial charge in [-0.25, -0.2) is 0 Å². The van der Waals surface area contributed by atoms with E-state index in [4.69, 9.17) is 10.5 Å². The fourth-order valence-electron chi connectivity index (χ4n) is 2.35. The fraction of sp³-hybridized carbons (Fsp3) is 0.750. The number of aromatic nitrogens is 2. The molecule has 1 aliphatic carbocycles. The topological polar surface area (TPSA) is 73.3 Å². The molecule has 5 heteroatoms. The molecule has 3 N–H and O–H groups in total. The molecule has 1 atom stereocenters. The van der Waals surface area contributed by atoms with E-state index in [9.17, 15) is 5.11 Å². The van der Waals surface area contributed by atoms with E-state index in [0.717, 1.165) is 31.5 Å². The van der Waals surface area contributed by atoms with Crippen LogP contribution in [0.4, 0.5) is 0 Å². The minimum Gasteiger partial charge on any atom is -0.493 e. The zero-order chi connectivity index (χ0) is 12.5. The first-order valence-corrected chi connectivity index (χ1v) is 6.20. The maximum atomic E-state index is 10.8. The first-order chi connectivity index (χ1) is 8.17. The molecule has 1 aromatic rings. The largest absolute Gasteiger partial charge is 0.493 e. The molecular formula is C12H21N3O2. The Bertz CT molecular complexity index is 387. The van der Waals surface area contributed by atoms with Gasteiger partial charge in [0, 0.05) is 13.1 Å². The van der Waals surface area contributed by atoms with Gasteiger partial charge < -0.3 is 15.6 Å². The summed E-state index contributed by atoms with van der Waals surface area (Å²) in [5.41, 5.74) is 5.53. The van der Waals surface area contributed by atoms with Crippen molar-refractivity contribution in [1.82, 2.24) is 9.78 Å². The Balaban J connectivity index is 2.42. The van der Waals surface area contributed by atoms with E-state index in [1.807, 2.05) is 4.68 Å². The van der Waals surface area contributed by atoms with Crippen molar-refractivity contribution in [1.29, 1.82) is 0 Å². The summed E-state index contributed by atoms with van der Waals surface area (Å²) >= 11 is 0. The molecule has 1 heterocycles. The van der Waals surface area contributed by atoms with Gasteiger partial charge in [0.2, 0.25) is 0 Å². The number of hydrogen-bond donors (Lipinski definition) is 2. The van der Waals surface area contributed by atoms with Crippen LogP contribution in [-0.2, 0) is 12.1 Å². The number of hydrogen-bond acceptors (Lipinski definition) is 4. The van der Waals surface area contributed by atoms with Crippen molar-refractivity contribution < 1.29 is 9.84 Å². The summed E-state index contributed by atoms with van der Waals surface area (Å²) in [4.78, 5) is 0. The van der Waals surface area contributed by atoms with Gasteiger partial charge in [-0.3, -0.25) is 4.68 Å². The second-order valence-electron chi connectivity index (χ2n) is 4.69. The average molecular weight is 239 g/mol. The van der Waals surface area contributed by atoms with Crippen LogP contribution in [0, 0.1) is 5.92 Å². The molecule has 0 aliphatic heterocycles. The van der Waals surface area contributed by atoms with Gasteiger partial charge in [0.15, 0.2) is 5.75 Å². The van der Waals surface area contributed by atoms with Crippen LogP contribution in [0.1, 0.15) is 31.9 Å². The monoisotopic (exact) mass is 239 g/mol. The molecule has 0 bridgehead atoms. The van der Waals surface area contributed by atoms with Gasteiger partial charge in [-0.05, 0) is 25.2 Å². The van der Waals surface area contributed by atoms with Gasteiger partial charge in [-0.1, -0.05) is 6.92 Å². The Labute approximate surface area is 102 Å². The average Bonchev–Trinajstić information content (AvgIpc) is 3.11. The number of aliphatic hydroxyl groups is 1. The van der Waals surface area contributed by atoms with Gasteiger partial charge >= 0.3 is 0 Å². The first-order valence-electron chi connectivity index (χ1n) is 6.20. The quantitative estimate of drug-likeness (QED) is 0.772. The minimum atomic E-state index is -0.989. The Kier molecular flexibility index (Phi) is 3.40. The summed E-state index contributed by atoms with van der Waals surface area (Å²) in [6, 6.07) is 0. The lowest BCUT2D eigenvalue weighted by molar-refractivity contribution is 0.0110. The standard InChI is InChI=1S/C12H21N3O2/c1-3-6-15-11(10(17-2)7-14-15)12(16,8-13)9-4-5-9/h7,9,16H,3-6,8,13H2,1-2H3. The molecule has 1 saturated carbocycles. The van der Waals surface area contributed by atoms with Crippen molar-refractivity contribution >= 4 is 0 Å². The van der Waals surface area contributed by atoms with Gasteiger partial charge in [-0.15, -0.1) is 0 Å². The summed E-state index contributed by atoms with van der Waals surface area (Å²) in [7, 11) is 1.60. The van der Waals surface area contributed by atoms with E-state index < -0.39 is 5.60 Å². The van der Waals surface area contributed by atoms with Crippen LogP contribution in [0.15, 0.2) is 6.20 Å². The highest BCUT2D eigenvalue weighted by atomic mass is 16.5. The summed E-state index contributed by atoms with van der Waals surface area (Å²) in [5.74, 6) is 0.881. The second-order valence-corrected chi connectivity index (χ2v) is 4.69. The molecule has 2 rings (SSSR count). The number of methoxy groups -OCH3 is 1. The molecule has 0 spiro atoms. The first kappa shape index (κ1) is 12.4. The highest BCUT2D eigenvalue weighted by Crippen LogP contribution is 2.47. The molecular weight excluding hydrogens is 218 g/mol. The van der Waals surface area contributed by atoms with E-state index in [1.54, 1.807) is 13.3 Å². The normalized spacial score (nSPS) is 19.1. The Morgan fingerprint density at radius 1 is 1.65 bits per heavy atom. The van der Waals surface area contributed by atoms with E-state index in [2.05, 4.69) is 12.0 Å². The Morgan fingerprint density at radius 2 is 2.35 bits per heavy atom. The SMILES string of the molecule is CCCn1ncc(OC)c1C(O)(CN)C1CC1. The van der Waals surface area contributed by atoms with Gasteiger partial charge in [0.25, 0.3) is 0 Å². The Morgan fingerprint density at radius 3 is 2.82 bits per heavy atom. The van der Waals surface area contributed by atoms with E-state index >= 15 is 0 Å². The third kappa shape index (κ3) is 2.05. The molecule has 0 saturated heterocycles. The molecule has 96 valence electrons. The van der Waals surface area contributed by atoms with Gasteiger partial charge in [0.1, 0.15) is 11.3 Å². The zero-order valence-electron chi connectivity index (χ0n) is 10.5. The summed E-state index contributed by atoms with van der Waals surface area (Å²) in [5, 5.41) is 15.1. The maximum Gasteiger partial charge on any atom is 0.163 e. The fourth-order valence-corrected chi connectivity index (χ4v) is 2.35. The minimum absolute atomic E-state index is 0.212. The van der Waals surface area contributed by atoms with Crippen LogP contribution in [0.3, 0.4) is 0 Å². The number of nitrogens with two attached hydrogens (primary N) is 1. The van der Waals surface area contributed by atoms with Crippen LogP contribution in [-0.4, -0.2) is 28.5 Å². The maximum absolute atomic E-state index is 10.8. The van der Waals surface area contributed by atoms with Crippen molar-refractivity contribution in [3.63, 3.8) is 0 Å². The second kappa shape index (κ2) is 4.66. The van der Waals surface area contributed by atoms with Gasteiger partial charge in [0.05, 0.1) is 13.3 Å². The molecule has 1 fully saturated rings. The van der Waals surface area contributed by atoms with Crippen molar-refractivity contribution in [2.24, 2.45) is 11.7 Å². The molecule has 0 aromatic carbocycles. The third-order valence-corrected chi connectivity index (χ3v) is 3.44. The highest BCUT2D eigenvalue weighted by molar-refractivity contribution is 5.33. The lowest BCUT2D eigenvalue weighted by atomic mass is 9.93. The van der Waals surface area contributed by atoms with Crippen molar-refractivity contribution in [2.45, 2.75) is 38.3 Å². The van der Waals surface area contributed by atoms with Crippen LogP contribution < -0.4 is 10.5 Å². The lowest BCUT2D eigenvalue weighted by Crippen LogP contribution is -2.39. The lowest BCUT2D eigenvalue weighted by Gasteiger charge is -2.28. The number of ether oxygens (including phenoxy) is 1. The van der Waals surface area contributed by atoms with Crippen molar-refractivity contribution in [2.75, 3.05) is 13.7 Å². The van der Waals surface area contributed by atoms with Crippen molar-refractivity contribution in [3.05, 3.63) is 11.9 Å². The number of nitrogens with zero attached hydrogens (tertiary/aromatic N) is 2. The molecule has 1 aromatic heterocycles. The van der Waals surface area contributed by atoms with Crippen LogP contribution in [0.5, 0.6) is 5.75 Å². The summed E-state index contributed by atoms with van der Waals surface area (Å²) in [6.45, 7) is 3.06. The smallest absolute Gasteiger partial charge is 0.163 e. The Hall–Kier alpha value is -1.07. The molecule has 5 nitrogen and oxygen atoms in total. The third-order valence-electron chi connectivity index (χ3n) is 3.44. The molecule has 0 amide bonds. The molecule has 17 heavy (non-hydrogen) atoms. The van der Waals surface area contributed by atoms with Crippen molar-refractivity contribution in [3.8, 4) is 5.75 Å². The number of aryl methyl sites for hydroxylation is 1. The van der Waals surface area contributed by atoms with E-state index in [1.165, 1.54) is 0 Å². The predicted molar refractivity (Wildman–Crippen MR) is 64.7 cm³/mol. The molecule has 1 aliphatic rings. The number of rotatable bonds is 6. The van der Waals surface area contributed by atoms with E-state index in [-0.39, 0.29) is 12.5 Å². The highest BCUT2D eigenvalue weighted by Gasteiger charge is 2.48. The van der Waals surface area contributed by atoms with Crippen LogP contribution >= 0.6 is 0 Å². The summed E-state index contributed by atoms with van der Waals surface area (Å²) in [6.07, 6.45) is 4.67. The van der Waals surface area contributed by atoms with E-state index in [0.29, 0.717) is 5.75 Å². The molecule has 1 unspecified atom stereocenters. The predicted octanol–water partition coefficient (Wildman–Crippen LogP) is 0.858. The van der Waals surface area contributed by atoms with Gasteiger partial charge in [-0.2, -0.15) is 5.10 Å².